The highest BCUT2D eigenvalue weighted by Gasteiger charge is 2.22. The molecule has 2 fully saturated rings. The fraction of sp³-hybridized carbons (Fsp3) is 0.600. The molecule has 0 radical (unpaired) electrons. The second-order valence-corrected chi connectivity index (χ2v) is 6.94. The summed E-state index contributed by atoms with van der Waals surface area (Å²) in [4.78, 5) is 20.5. The van der Waals surface area contributed by atoms with Crippen molar-refractivity contribution < 1.29 is 9.53 Å². The van der Waals surface area contributed by atoms with E-state index in [1.54, 1.807) is 6.92 Å². The van der Waals surface area contributed by atoms with Crippen LogP contribution >= 0.6 is 0 Å². The lowest BCUT2D eigenvalue weighted by Crippen LogP contribution is -2.53. The first-order chi connectivity index (χ1) is 12.7. The molecule has 0 atom stereocenters. The van der Waals surface area contributed by atoms with E-state index in [4.69, 9.17) is 9.73 Å². The second kappa shape index (κ2) is 8.92. The number of piperazine rings is 1. The fourth-order valence-electron chi connectivity index (χ4n) is 3.24. The highest BCUT2D eigenvalue weighted by atomic mass is 16.5. The van der Waals surface area contributed by atoms with Gasteiger partial charge in [0, 0.05) is 45.2 Å². The van der Waals surface area contributed by atoms with Crippen LogP contribution in [0.1, 0.15) is 38.7 Å². The molecule has 1 amide bonds. The van der Waals surface area contributed by atoms with Crippen molar-refractivity contribution in [3.8, 4) is 5.75 Å². The molecule has 142 valence electrons. The Kier molecular flexibility index (Phi) is 6.36. The van der Waals surface area contributed by atoms with Crippen LogP contribution in [0.5, 0.6) is 5.75 Å². The predicted molar refractivity (Wildman–Crippen MR) is 103 cm³/mol. The van der Waals surface area contributed by atoms with Crippen LogP contribution in [0.4, 0.5) is 0 Å². The lowest BCUT2D eigenvalue weighted by Gasteiger charge is -2.36. The third-order valence-electron chi connectivity index (χ3n) is 5.08. The number of benzene rings is 1. The topological polar surface area (TPSA) is 57.2 Å². The number of carbonyl (C=O) groups is 1. The Bertz CT molecular complexity index is 634. The average molecular weight is 358 g/mol. The minimum atomic E-state index is 0.147. The number of amides is 1. The van der Waals surface area contributed by atoms with Gasteiger partial charge in [-0.3, -0.25) is 4.79 Å². The van der Waals surface area contributed by atoms with E-state index >= 15 is 0 Å². The van der Waals surface area contributed by atoms with Gasteiger partial charge in [-0.05, 0) is 32.3 Å². The molecule has 1 aromatic rings. The summed E-state index contributed by atoms with van der Waals surface area (Å²) in [7, 11) is 0. The molecular weight excluding hydrogens is 328 g/mol. The normalized spacial score (nSPS) is 18.5. The number of nitrogens with one attached hydrogen (secondary N) is 1. The first-order valence-corrected chi connectivity index (χ1v) is 9.70. The van der Waals surface area contributed by atoms with Gasteiger partial charge in [0.15, 0.2) is 5.96 Å². The van der Waals surface area contributed by atoms with E-state index < -0.39 is 0 Å². The average Bonchev–Trinajstić information content (AvgIpc) is 2.62. The van der Waals surface area contributed by atoms with Gasteiger partial charge in [0.1, 0.15) is 5.75 Å². The van der Waals surface area contributed by atoms with E-state index in [2.05, 4.69) is 23.2 Å². The summed E-state index contributed by atoms with van der Waals surface area (Å²) in [6.07, 6.45) is 3.94. The van der Waals surface area contributed by atoms with Gasteiger partial charge in [0.2, 0.25) is 5.91 Å². The van der Waals surface area contributed by atoms with Gasteiger partial charge in [-0.2, -0.15) is 0 Å². The zero-order chi connectivity index (χ0) is 18.4. The lowest BCUT2D eigenvalue weighted by atomic mass is 9.96. The van der Waals surface area contributed by atoms with Crippen LogP contribution in [0.15, 0.2) is 29.3 Å². The molecule has 1 N–H and O–H groups in total. The van der Waals surface area contributed by atoms with Gasteiger partial charge < -0.3 is 19.9 Å². The van der Waals surface area contributed by atoms with Crippen molar-refractivity contribution in [2.45, 2.75) is 45.8 Å². The van der Waals surface area contributed by atoms with Gasteiger partial charge in [-0.1, -0.05) is 18.2 Å². The Balaban J connectivity index is 1.65. The van der Waals surface area contributed by atoms with Crippen molar-refractivity contribution in [3.05, 3.63) is 29.8 Å². The summed E-state index contributed by atoms with van der Waals surface area (Å²) in [5.41, 5.74) is 1.12. The van der Waals surface area contributed by atoms with Crippen LogP contribution in [0.3, 0.4) is 0 Å². The summed E-state index contributed by atoms with van der Waals surface area (Å²) < 4.78 is 6.11. The van der Waals surface area contributed by atoms with E-state index in [1.165, 1.54) is 6.42 Å². The molecule has 1 heterocycles. The van der Waals surface area contributed by atoms with Gasteiger partial charge in [0.25, 0.3) is 0 Å². The first kappa shape index (κ1) is 18.5. The van der Waals surface area contributed by atoms with Crippen molar-refractivity contribution in [1.29, 1.82) is 0 Å². The number of nitrogens with zero attached hydrogens (tertiary/aromatic N) is 3. The monoisotopic (exact) mass is 358 g/mol. The van der Waals surface area contributed by atoms with E-state index in [9.17, 15) is 4.79 Å². The van der Waals surface area contributed by atoms with Gasteiger partial charge in [0.05, 0.1) is 12.6 Å². The third-order valence-corrected chi connectivity index (χ3v) is 5.08. The maximum Gasteiger partial charge on any atom is 0.219 e. The fourth-order valence-corrected chi connectivity index (χ4v) is 3.24. The highest BCUT2D eigenvalue weighted by molar-refractivity contribution is 5.80. The molecule has 0 unspecified atom stereocenters. The Morgan fingerprint density at radius 1 is 1.19 bits per heavy atom. The number of hydrogen-bond donors (Lipinski definition) is 1. The summed E-state index contributed by atoms with van der Waals surface area (Å²) >= 11 is 0. The Morgan fingerprint density at radius 3 is 2.50 bits per heavy atom. The Morgan fingerprint density at radius 2 is 1.88 bits per heavy atom. The zero-order valence-electron chi connectivity index (χ0n) is 15.9. The van der Waals surface area contributed by atoms with E-state index in [-0.39, 0.29) is 5.91 Å². The molecule has 3 rings (SSSR count). The Hall–Kier alpha value is -2.24. The number of para-hydroxylation sites is 1. The van der Waals surface area contributed by atoms with E-state index in [0.29, 0.717) is 12.6 Å². The molecule has 6 nitrogen and oxygen atoms in total. The number of aliphatic imine (C=N–C) groups is 1. The second-order valence-electron chi connectivity index (χ2n) is 6.94. The quantitative estimate of drug-likeness (QED) is 0.648. The van der Waals surface area contributed by atoms with Crippen LogP contribution in [0.2, 0.25) is 0 Å². The first-order valence-electron chi connectivity index (χ1n) is 9.70. The van der Waals surface area contributed by atoms with Crippen LogP contribution in [0, 0.1) is 0 Å². The van der Waals surface area contributed by atoms with Gasteiger partial charge >= 0.3 is 0 Å². The molecule has 6 heteroatoms. The van der Waals surface area contributed by atoms with Crippen LogP contribution in [-0.2, 0) is 11.3 Å². The minimum absolute atomic E-state index is 0.147. The van der Waals surface area contributed by atoms with Crippen molar-refractivity contribution in [2.75, 3.05) is 32.7 Å². The van der Waals surface area contributed by atoms with Crippen LogP contribution in [0.25, 0.3) is 0 Å². The largest absolute Gasteiger partial charge is 0.490 e. The van der Waals surface area contributed by atoms with Crippen molar-refractivity contribution in [2.24, 2.45) is 4.99 Å². The van der Waals surface area contributed by atoms with E-state index in [0.717, 1.165) is 62.8 Å². The number of ether oxygens (including phenoxy) is 1. The van der Waals surface area contributed by atoms with Crippen LogP contribution < -0.4 is 10.1 Å². The molecule has 1 saturated carbocycles. The van der Waals surface area contributed by atoms with E-state index in [1.807, 2.05) is 23.1 Å². The molecule has 1 aromatic carbocycles. The van der Waals surface area contributed by atoms with Crippen LogP contribution in [-0.4, -0.2) is 60.5 Å². The molecule has 2 aliphatic rings. The number of hydrogen-bond acceptors (Lipinski definition) is 3. The maximum absolute atomic E-state index is 11.5. The third kappa shape index (κ3) is 4.68. The lowest BCUT2D eigenvalue weighted by molar-refractivity contribution is -0.130. The zero-order valence-corrected chi connectivity index (χ0v) is 15.9. The SMILES string of the molecule is CCNC(=NCc1ccccc1OC1CCC1)N1CCN(C(C)=O)CC1. The standard InChI is InChI=1S/C20H30N4O2/c1-3-21-20(24-13-11-23(12-14-24)16(2)25)22-15-17-7-4-5-10-19(17)26-18-8-6-9-18/h4-5,7,10,18H,3,6,8-9,11-15H2,1-2H3,(H,21,22). The summed E-state index contributed by atoms with van der Waals surface area (Å²) in [6.45, 7) is 8.26. The van der Waals surface area contributed by atoms with Crippen molar-refractivity contribution in [3.63, 3.8) is 0 Å². The predicted octanol–water partition coefficient (Wildman–Crippen LogP) is 2.25. The van der Waals surface area contributed by atoms with Crippen molar-refractivity contribution >= 4 is 11.9 Å². The minimum Gasteiger partial charge on any atom is -0.490 e. The van der Waals surface area contributed by atoms with Gasteiger partial charge in [-0.15, -0.1) is 0 Å². The number of carbonyl (C=O) groups excluding carboxylic acids is 1. The summed E-state index contributed by atoms with van der Waals surface area (Å²) in [5.74, 6) is 2.01. The molecule has 0 aromatic heterocycles. The molecule has 0 bridgehead atoms. The van der Waals surface area contributed by atoms with Gasteiger partial charge in [-0.25, -0.2) is 4.99 Å². The molecule has 1 aliphatic heterocycles. The highest BCUT2D eigenvalue weighted by Crippen LogP contribution is 2.28. The summed E-state index contributed by atoms with van der Waals surface area (Å²) in [6, 6.07) is 8.20. The molecule has 26 heavy (non-hydrogen) atoms. The Labute approximate surface area is 156 Å². The number of rotatable bonds is 5. The molecule has 1 aliphatic carbocycles. The molecule has 1 saturated heterocycles. The van der Waals surface area contributed by atoms with Crippen molar-refractivity contribution in [1.82, 2.24) is 15.1 Å². The molecular formula is C20H30N4O2. The maximum atomic E-state index is 11.5. The number of guanidine groups is 1. The smallest absolute Gasteiger partial charge is 0.219 e. The summed E-state index contributed by atoms with van der Waals surface area (Å²) in [5, 5.41) is 3.38. The molecule has 0 spiro atoms.